The Morgan fingerprint density at radius 2 is 2.39 bits per heavy atom. The fourth-order valence-corrected chi connectivity index (χ4v) is 2.76. The standard InChI is InChI=1S/C14H24N4/c1-3-9-18(13-5-4-6-15-10-13)12(2)14-11-16-7-8-17-14/h7-8,11-13,15H,3-6,9-10H2,1-2H3. The van der Waals surface area contributed by atoms with Crippen LogP contribution in [0.1, 0.15) is 44.8 Å². The number of hydrogen-bond acceptors (Lipinski definition) is 4. The first kappa shape index (κ1) is 13.4. The molecule has 100 valence electrons. The van der Waals surface area contributed by atoms with Gasteiger partial charge in [-0.05, 0) is 39.3 Å². The van der Waals surface area contributed by atoms with Crippen molar-refractivity contribution in [1.82, 2.24) is 20.2 Å². The van der Waals surface area contributed by atoms with Crippen LogP contribution in [-0.2, 0) is 0 Å². The summed E-state index contributed by atoms with van der Waals surface area (Å²) in [5.41, 5.74) is 1.08. The van der Waals surface area contributed by atoms with E-state index in [-0.39, 0.29) is 0 Å². The first-order valence-electron chi connectivity index (χ1n) is 7.05. The van der Waals surface area contributed by atoms with Crippen molar-refractivity contribution in [2.75, 3.05) is 19.6 Å². The molecule has 2 unspecified atom stereocenters. The van der Waals surface area contributed by atoms with E-state index >= 15 is 0 Å². The molecule has 0 spiro atoms. The second-order valence-electron chi connectivity index (χ2n) is 5.04. The molecule has 2 rings (SSSR count). The molecule has 1 aliphatic heterocycles. The van der Waals surface area contributed by atoms with Crippen LogP contribution < -0.4 is 5.32 Å². The van der Waals surface area contributed by atoms with Gasteiger partial charge in [0.05, 0.1) is 11.7 Å². The van der Waals surface area contributed by atoms with E-state index in [9.17, 15) is 0 Å². The minimum Gasteiger partial charge on any atom is -0.315 e. The Bertz CT molecular complexity index is 335. The van der Waals surface area contributed by atoms with Gasteiger partial charge in [0, 0.05) is 31.2 Å². The van der Waals surface area contributed by atoms with Gasteiger partial charge in [-0.3, -0.25) is 14.9 Å². The van der Waals surface area contributed by atoms with Crippen molar-refractivity contribution in [2.24, 2.45) is 0 Å². The molecule has 0 radical (unpaired) electrons. The van der Waals surface area contributed by atoms with Crippen LogP contribution in [-0.4, -0.2) is 40.5 Å². The summed E-state index contributed by atoms with van der Waals surface area (Å²) in [6.45, 7) is 7.88. The fourth-order valence-electron chi connectivity index (χ4n) is 2.76. The van der Waals surface area contributed by atoms with Crippen molar-refractivity contribution >= 4 is 0 Å². The van der Waals surface area contributed by atoms with Crippen LogP contribution in [0.15, 0.2) is 18.6 Å². The average Bonchev–Trinajstić information content (AvgIpc) is 2.46. The van der Waals surface area contributed by atoms with Crippen molar-refractivity contribution in [3.63, 3.8) is 0 Å². The molecular formula is C14H24N4. The third-order valence-electron chi connectivity index (χ3n) is 3.73. The monoisotopic (exact) mass is 248 g/mol. The van der Waals surface area contributed by atoms with Gasteiger partial charge in [0.15, 0.2) is 0 Å². The average molecular weight is 248 g/mol. The van der Waals surface area contributed by atoms with Crippen LogP contribution in [0, 0.1) is 0 Å². The maximum atomic E-state index is 4.45. The van der Waals surface area contributed by atoms with Crippen molar-refractivity contribution in [3.05, 3.63) is 24.3 Å². The number of nitrogens with zero attached hydrogens (tertiary/aromatic N) is 3. The summed E-state index contributed by atoms with van der Waals surface area (Å²) in [5, 5.41) is 3.50. The molecule has 18 heavy (non-hydrogen) atoms. The van der Waals surface area contributed by atoms with Crippen molar-refractivity contribution in [3.8, 4) is 0 Å². The van der Waals surface area contributed by atoms with Crippen LogP contribution in [0.3, 0.4) is 0 Å². The molecule has 2 atom stereocenters. The molecule has 0 bridgehead atoms. The van der Waals surface area contributed by atoms with E-state index in [0.29, 0.717) is 12.1 Å². The van der Waals surface area contributed by atoms with Gasteiger partial charge >= 0.3 is 0 Å². The van der Waals surface area contributed by atoms with E-state index in [0.717, 1.165) is 25.3 Å². The SMILES string of the molecule is CCCN(C1CCCNC1)C(C)c1cnccn1. The summed E-state index contributed by atoms with van der Waals surface area (Å²) in [6.07, 6.45) is 9.16. The molecular weight excluding hydrogens is 224 g/mol. The lowest BCUT2D eigenvalue weighted by Crippen LogP contribution is -2.47. The van der Waals surface area contributed by atoms with Crippen LogP contribution in [0.2, 0.25) is 0 Å². The Labute approximate surface area is 110 Å². The number of aromatic nitrogens is 2. The Balaban J connectivity index is 2.08. The van der Waals surface area contributed by atoms with E-state index in [4.69, 9.17) is 0 Å². The molecule has 0 amide bonds. The number of piperidine rings is 1. The normalized spacial score (nSPS) is 22.1. The summed E-state index contributed by atoms with van der Waals surface area (Å²) in [7, 11) is 0. The molecule has 0 aromatic carbocycles. The summed E-state index contributed by atoms with van der Waals surface area (Å²) < 4.78 is 0. The van der Waals surface area contributed by atoms with Crippen LogP contribution in [0.4, 0.5) is 0 Å². The quantitative estimate of drug-likeness (QED) is 0.865. The van der Waals surface area contributed by atoms with Gasteiger partial charge in [-0.25, -0.2) is 0 Å². The summed E-state index contributed by atoms with van der Waals surface area (Å²) in [4.78, 5) is 11.2. The molecule has 0 saturated carbocycles. The van der Waals surface area contributed by atoms with Crippen LogP contribution in [0.5, 0.6) is 0 Å². The molecule has 1 N–H and O–H groups in total. The lowest BCUT2D eigenvalue weighted by Gasteiger charge is -2.38. The molecule has 1 aromatic rings. The van der Waals surface area contributed by atoms with E-state index in [2.05, 4.69) is 34.0 Å². The lowest BCUT2D eigenvalue weighted by molar-refractivity contribution is 0.118. The molecule has 1 aliphatic rings. The van der Waals surface area contributed by atoms with Gasteiger partial charge in [-0.1, -0.05) is 6.92 Å². The number of nitrogens with one attached hydrogen (secondary N) is 1. The Morgan fingerprint density at radius 1 is 1.50 bits per heavy atom. The zero-order valence-electron chi connectivity index (χ0n) is 11.5. The molecule has 1 aromatic heterocycles. The van der Waals surface area contributed by atoms with Crippen molar-refractivity contribution in [2.45, 2.75) is 45.2 Å². The molecule has 1 saturated heterocycles. The van der Waals surface area contributed by atoms with Gasteiger partial charge in [0.25, 0.3) is 0 Å². The molecule has 4 heteroatoms. The number of rotatable bonds is 5. The van der Waals surface area contributed by atoms with Crippen molar-refractivity contribution < 1.29 is 0 Å². The van der Waals surface area contributed by atoms with E-state index in [1.54, 1.807) is 12.4 Å². The maximum Gasteiger partial charge on any atom is 0.0755 e. The van der Waals surface area contributed by atoms with Gasteiger partial charge in [-0.2, -0.15) is 0 Å². The lowest BCUT2D eigenvalue weighted by atomic mass is 10.0. The number of hydrogen-bond donors (Lipinski definition) is 1. The van der Waals surface area contributed by atoms with E-state index in [1.807, 2.05) is 6.20 Å². The van der Waals surface area contributed by atoms with Crippen LogP contribution in [0.25, 0.3) is 0 Å². The highest BCUT2D eigenvalue weighted by atomic mass is 15.2. The maximum absolute atomic E-state index is 4.45. The Morgan fingerprint density at radius 3 is 3.00 bits per heavy atom. The highest BCUT2D eigenvalue weighted by molar-refractivity contribution is 5.02. The summed E-state index contributed by atoms with van der Waals surface area (Å²) in [5.74, 6) is 0. The molecule has 0 aliphatic carbocycles. The highest BCUT2D eigenvalue weighted by Crippen LogP contribution is 2.23. The zero-order valence-corrected chi connectivity index (χ0v) is 11.5. The van der Waals surface area contributed by atoms with Gasteiger partial charge in [0.2, 0.25) is 0 Å². The topological polar surface area (TPSA) is 41.0 Å². The van der Waals surface area contributed by atoms with Gasteiger partial charge in [-0.15, -0.1) is 0 Å². The minimum absolute atomic E-state index is 0.351. The largest absolute Gasteiger partial charge is 0.315 e. The van der Waals surface area contributed by atoms with Crippen LogP contribution >= 0.6 is 0 Å². The van der Waals surface area contributed by atoms with Crippen molar-refractivity contribution in [1.29, 1.82) is 0 Å². The van der Waals surface area contributed by atoms with Gasteiger partial charge < -0.3 is 5.32 Å². The van der Waals surface area contributed by atoms with E-state index < -0.39 is 0 Å². The molecule has 4 nitrogen and oxygen atoms in total. The smallest absolute Gasteiger partial charge is 0.0755 e. The fraction of sp³-hybridized carbons (Fsp3) is 0.714. The Kier molecular flexibility index (Phi) is 5.08. The predicted molar refractivity (Wildman–Crippen MR) is 73.3 cm³/mol. The highest BCUT2D eigenvalue weighted by Gasteiger charge is 2.25. The third kappa shape index (κ3) is 3.27. The molecule has 2 heterocycles. The third-order valence-corrected chi connectivity index (χ3v) is 3.73. The first-order valence-corrected chi connectivity index (χ1v) is 7.05. The summed E-state index contributed by atoms with van der Waals surface area (Å²) in [6, 6.07) is 0.985. The predicted octanol–water partition coefficient (Wildman–Crippen LogP) is 2.00. The van der Waals surface area contributed by atoms with Gasteiger partial charge in [0.1, 0.15) is 0 Å². The molecule has 1 fully saturated rings. The van der Waals surface area contributed by atoms with E-state index in [1.165, 1.54) is 19.3 Å². The Hall–Kier alpha value is -1.00. The summed E-state index contributed by atoms with van der Waals surface area (Å²) >= 11 is 0. The first-order chi connectivity index (χ1) is 8.83. The second kappa shape index (κ2) is 6.81. The second-order valence-corrected chi connectivity index (χ2v) is 5.04. The minimum atomic E-state index is 0.351. The zero-order chi connectivity index (χ0) is 12.8.